The Kier molecular flexibility index (Phi) is 1.89. The summed E-state index contributed by atoms with van der Waals surface area (Å²) in [6, 6.07) is 4.91. The third-order valence-corrected chi connectivity index (χ3v) is 1.82. The zero-order valence-corrected chi connectivity index (χ0v) is 7.01. The van der Waals surface area contributed by atoms with Crippen molar-refractivity contribution in [3.63, 3.8) is 0 Å². The van der Waals surface area contributed by atoms with E-state index in [0.29, 0.717) is 5.56 Å². The van der Waals surface area contributed by atoms with Gasteiger partial charge in [-0.25, -0.2) is 0 Å². The smallest absolute Gasteiger partial charge is 0.249 e. The molecule has 0 spiro atoms. The second-order valence-corrected chi connectivity index (χ2v) is 2.67. The summed E-state index contributed by atoms with van der Waals surface area (Å²) in [6.07, 6.45) is 1.60. The molecular weight excluding hydrogens is 182 g/mol. The molecule has 0 saturated carbocycles. The van der Waals surface area contributed by atoms with Gasteiger partial charge in [-0.15, -0.1) is 0 Å². The van der Waals surface area contributed by atoms with Crippen molar-refractivity contribution in [3.8, 4) is 0 Å². The number of aromatic amines is 1. The van der Waals surface area contributed by atoms with Crippen molar-refractivity contribution in [3.05, 3.63) is 40.4 Å². The molecule has 1 N–H and O–H groups in total. The predicted octanol–water partition coefficient (Wildman–Crippen LogP) is 2.01. The number of nitrogens with one attached hydrogen (secondary N) is 1. The van der Waals surface area contributed by atoms with Crippen LogP contribution < -0.4 is 0 Å². The maximum absolute atomic E-state index is 11.2. The fourth-order valence-electron chi connectivity index (χ4n) is 1.17. The average molecular weight is 187 g/mol. The van der Waals surface area contributed by atoms with E-state index in [-0.39, 0.29) is 0 Å². The van der Waals surface area contributed by atoms with E-state index in [1.54, 1.807) is 24.4 Å². The minimum atomic E-state index is -0.587. The number of fused-ring (bicyclic) bond motifs is 1. The van der Waals surface area contributed by atoms with E-state index >= 15 is 0 Å². The van der Waals surface area contributed by atoms with Crippen LogP contribution in [-0.4, -0.2) is 16.1 Å². The second-order valence-electron chi connectivity index (χ2n) is 2.67. The molecule has 1 aromatic heterocycles. The Morgan fingerprint density at radius 1 is 1.57 bits per heavy atom. The average Bonchev–Trinajstić information content (AvgIpc) is 2.64. The van der Waals surface area contributed by atoms with E-state index in [1.165, 1.54) is 0 Å². The van der Waals surface area contributed by atoms with Gasteiger partial charge in [0.2, 0.25) is 5.91 Å². The Balaban J connectivity index is 2.53. The van der Waals surface area contributed by atoms with E-state index in [1.807, 2.05) is 0 Å². The van der Waals surface area contributed by atoms with Crippen molar-refractivity contribution in [2.24, 2.45) is 5.11 Å². The molecular formula is C8H5N5O. The quantitative estimate of drug-likeness (QED) is 0.420. The lowest BCUT2D eigenvalue weighted by Gasteiger charge is -1.93. The highest BCUT2D eigenvalue weighted by molar-refractivity contribution is 5.98. The fraction of sp³-hybridized carbons (Fsp3) is 0. The number of carbonyl (C=O) groups is 1. The molecule has 0 aliphatic carbocycles. The fourth-order valence-corrected chi connectivity index (χ4v) is 1.17. The van der Waals surface area contributed by atoms with Gasteiger partial charge >= 0.3 is 0 Å². The first-order valence-corrected chi connectivity index (χ1v) is 3.84. The van der Waals surface area contributed by atoms with Gasteiger partial charge in [-0.1, -0.05) is 0 Å². The van der Waals surface area contributed by atoms with E-state index in [4.69, 9.17) is 5.53 Å². The molecule has 68 valence electrons. The van der Waals surface area contributed by atoms with E-state index in [2.05, 4.69) is 20.2 Å². The van der Waals surface area contributed by atoms with E-state index < -0.39 is 5.91 Å². The summed E-state index contributed by atoms with van der Waals surface area (Å²) < 4.78 is 0. The van der Waals surface area contributed by atoms with Crippen LogP contribution in [0.4, 0.5) is 0 Å². The Morgan fingerprint density at radius 2 is 2.43 bits per heavy atom. The molecule has 2 rings (SSSR count). The molecule has 0 fully saturated rings. The molecule has 6 heteroatoms. The molecule has 2 aromatic rings. The third-order valence-electron chi connectivity index (χ3n) is 1.82. The molecule has 0 aliphatic rings. The lowest BCUT2D eigenvalue weighted by atomic mass is 10.1. The number of aromatic nitrogens is 2. The Labute approximate surface area is 78.2 Å². The summed E-state index contributed by atoms with van der Waals surface area (Å²) in [7, 11) is 0. The Bertz CT molecular complexity index is 537. The minimum Gasteiger partial charge on any atom is -0.287 e. The van der Waals surface area contributed by atoms with Crippen LogP contribution in [0.15, 0.2) is 29.5 Å². The summed E-state index contributed by atoms with van der Waals surface area (Å²) in [6.45, 7) is 0. The highest BCUT2D eigenvalue weighted by Crippen LogP contribution is 2.13. The SMILES string of the molecule is [N-]=[N+]=NC(=O)c1ccc2[nH]ncc2c1. The minimum absolute atomic E-state index is 0.358. The third kappa shape index (κ3) is 1.30. The molecule has 0 unspecified atom stereocenters. The zero-order valence-electron chi connectivity index (χ0n) is 7.01. The largest absolute Gasteiger partial charge is 0.287 e. The molecule has 0 bridgehead atoms. The number of H-pyrrole nitrogens is 1. The molecule has 1 aromatic carbocycles. The van der Waals surface area contributed by atoms with Crippen molar-refractivity contribution in [2.75, 3.05) is 0 Å². The Morgan fingerprint density at radius 3 is 3.21 bits per heavy atom. The van der Waals surface area contributed by atoms with Crippen molar-refractivity contribution in [1.29, 1.82) is 0 Å². The maximum atomic E-state index is 11.2. The van der Waals surface area contributed by atoms with Crippen LogP contribution in [0, 0.1) is 0 Å². The van der Waals surface area contributed by atoms with Crippen LogP contribution in [0.1, 0.15) is 10.4 Å². The van der Waals surface area contributed by atoms with Gasteiger partial charge < -0.3 is 0 Å². The summed E-state index contributed by atoms with van der Waals surface area (Å²) in [4.78, 5) is 13.6. The topological polar surface area (TPSA) is 94.5 Å². The van der Waals surface area contributed by atoms with Crippen LogP contribution in [0.3, 0.4) is 0 Å². The normalized spacial score (nSPS) is 9.71. The van der Waals surface area contributed by atoms with Gasteiger partial charge in [0.15, 0.2) is 0 Å². The number of carbonyl (C=O) groups excluding carboxylic acids is 1. The van der Waals surface area contributed by atoms with Crippen LogP contribution in [0.2, 0.25) is 0 Å². The van der Waals surface area contributed by atoms with Crippen LogP contribution in [0.25, 0.3) is 21.3 Å². The molecule has 0 saturated heterocycles. The van der Waals surface area contributed by atoms with E-state index in [0.717, 1.165) is 10.9 Å². The Hall–Kier alpha value is -2.33. The van der Waals surface area contributed by atoms with Crippen molar-refractivity contribution in [1.82, 2.24) is 10.2 Å². The highest BCUT2D eigenvalue weighted by atomic mass is 16.1. The first-order chi connectivity index (χ1) is 6.81. The van der Waals surface area contributed by atoms with Gasteiger partial charge in [-0.3, -0.25) is 9.89 Å². The van der Waals surface area contributed by atoms with Crippen molar-refractivity contribution >= 4 is 16.8 Å². The van der Waals surface area contributed by atoms with Crippen LogP contribution >= 0.6 is 0 Å². The summed E-state index contributed by atoms with van der Waals surface area (Å²) in [5.41, 5.74) is 9.28. The number of rotatable bonds is 1. The maximum Gasteiger partial charge on any atom is 0.249 e. The number of amides is 1. The van der Waals surface area contributed by atoms with Gasteiger partial charge in [0, 0.05) is 15.9 Å². The highest BCUT2D eigenvalue weighted by Gasteiger charge is 2.04. The van der Waals surface area contributed by atoms with E-state index in [9.17, 15) is 4.79 Å². The summed E-state index contributed by atoms with van der Waals surface area (Å²) in [5.74, 6) is -0.587. The molecule has 0 aliphatic heterocycles. The first kappa shape index (κ1) is 8.28. The van der Waals surface area contributed by atoms with Gasteiger partial charge in [-0.2, -0.15) is 5.10 Å². The number of hydrogen-bond donors (Lipinski definition) is 1. The standard InChI is InChI=1S/C8H5N5O/c9-13-12-8(14)5-1-2-7-6(3-5)4-10-11-7/h1-4H,(H,10,11). The van der Waals surface area contributed by atoms with Crippen LogP contribution in [-0.2, 0) is 0 Å². The number of azide groups is 1. The van der Waals surface area contributed by atoms with Gasteiger partial charge in [0.05, 0.1) is 11.7 Å². The van der Waals surface area contributed by atoms with Crippen molar-refractivity contribution in [2.45, 2.75) is 0 Å². The lowest BCUT2D eigenvalue weighted by molar-refractivity contribution is 0.100. The van der Waals surface area contributed by atoms with Gasteiger partial charge in [-0.05, 0) is 28.8 Å². The number of benzene rings is 1. The van der Waals surface area contributed by atoms with Crippen LogP contribution in [0.5, 0.6) is 0 Å². The zero-order chi connectivity index (χ0) is 9.97. The molecule has 0 radical (unpaired) electrons. The summed E-state index contributed by atoms with van der Waals surface area (Å²) >= 11 is 0. The first-order valence-electron chi connectivity index (χ1n) is 3.84. The van der Waals surface area contributed by atoms with Gasteiger partial charge in [0.1, 0.15) is 0 Å². The number of nitrogens with zero attached hydrogens (tertiary/aromatic N) is 4. The lowest BCUT2D eigenvalue weighted by Crippen LogP contribution is -1.91. The molecule has 6 nitrogen and oxygen atoms in total. The second kappa shape index (κ2) is 3.20. The molecule has 1 amide bonds. The molecule has 0 atom stereocenters. The number of hydrogen-bond acceptors (Lipinski definition) is 2. The summed E-state index contributed by atoms with van der Waals surface area (Å²) in [5, 5.41) is 10.4. The molecule has 1 heterocycles. The molecule has 14 heavy (non-hydrogen) atoms. The monoisotopic (exact) mass is 187 g/mol. The van der Waals surface area contributed by atoms with Crippen molar-refractivity contribution < 1.29 is 4.79 Å². The van der Waals surface area contributed by atoms with Gasteiger partial charge in [0.25, 0.3) is 0 Å². The predicted molar refractivity (Wildman–Crippen MR) is 49.6 cm³/mol.